The first-order chi connectivity index (χ1) is 11.2. The first-order valence-electron chi connectivity index (χ1n) is 8.28. The number of carbonyl (C=O) groups excluding carboxylic acids is 1. The summed E-state index contributed by atoms with van der Waals surface area (Å²) in [4.78, 5) is 12.1. The summed E-state index contributed by atoms with van der Waals surface area (Å²) in [7, 11) is 0. The van der Waals surface area contributed by atoms with Crippen molar-refractivity contribution in [3.63, 3.8) is 0 Å². The van der Waals surface area contributed by atoms with Crippen molar-refractivity contribution in [1.82, 2.24) is 5.32 Å². The number of para-hydroxylation sites is 1. The van der Waals surface area contributed by atoms with Crippen LogP contribution < -0.4 is 10.1 Å². The van der Waals surface area contributed by atoms with E-state index < -0.39 is 0 Å². The zero-order valence-corrected chi connectivity index (χ0v) is 13.5. The molecule has 0 bridgehead atoms. The van der Waals surface area contributed by atoms with Gasteiger partial charge >= 0.3 is 0 Å². The zero-order valence-electron chi connectivity index (χ0n) is 13.5. The Hall–Kier alpha value is -2.23. The molecule has 1 N–H and O–H groups in total. The summed E-state index contributed by atoms with van der Waals surface area (Å²) in [6.07, 6.45) is 5.92. The predicted octanol–water partition coefficient (Wildman–Crippen LogP) is 3.94. The largest absolute Gasteiger partial charge is 0.493 e. The molecule has 1 atom stereocenters. The zero-order chi connectivity index (χ0) is 16.1. The highest BCUT2D eigenvalue weighted by atomic mass is 16.5. The Bertz CT molecular complexity index is 662. The van der Waals surface area contributed by atoms with E-state index in [-0.39, 0.29) is 11.9 Å². The van der Waals surface area contributed by atoms with Gasteiger partial charge in [0, 0.05) is 18.4 Å². The molecule has 23 heavy (non-hydrogen) atoms. The molecule has 1 amide bonds. The highest BCUT2D eigenvalue weighted by molar-refractivity contribution is 5.76. The van der Waals surface area contributed by atoms with Gasteiger partial charge in [0.2, 0.25) is 5.91 Å². The average molecular weight is 313 g/mol. The molecule has 4 heteroatoms. The van der Waals surface area contributed by atoms with E-state index in [9.17, 15) is 4.79 Å². The molecule has 0 aliphatic heterocycles. The number of furan rings is 1. The van der Waals surface area contributed by atoms with E-state index in [1.807, 2.05) is 37.3 Å². The maximum atomic E-state index is 12.1. The van der Waals surface area contributed by atoms with Crippen molar-refractivity contribution in [3.8, 4) is 5.75 Å². The molecule has 0 spiro atoms. The van der Waals surface area contributed by atoms with Gasteiger partial charge in [0.1, 0.15) is 11.5 Å². The molecule has 3 rings (SSSR count). The van der Waals surface area contributed by atoms with Gasteiger partial charge in [0.15, 0.2) is 0 Å². The SMILES string of the molecule is Cc1ccccc1OCCCC(=O)NC1CCCc2occc21. The lowest BCUT2D eigenvalue weighted by atomic mass is 9.93. The van der Waals surface area contributed by atoms with E-state index in [2.05, 4.69) is 5.32 Å². The van der Waals surface area contributed by atoms with Crippen LogP contribution in [0.4, 0.5) is 0 Å². The Morgan fingerprint density at radius 2 is 2.22 bits per heavy atom. The number of hydrogen-bond acceptors (Lipinski definition) is 3. The van der Waals surface area contributed by atoms with Crippen molar-refractivity contribution in [2.45, 2.75) is 45.1 Å². The smallest absolute Gasteiger partial charge is 0.220 e. The van der Waals surface area contributed by atoms with Crippen molar-refractivity contribution in [1.29, 1.82) is 0 Å². The molecule has 1 unspecified atom stereocenters. The van der Waals surface area contributed by atoms with E-state index in [1.54, 1.807) is 6.26 Å². The monoisotopic (exact) mass is 313 g/mol. The number of hydrogen-bond donors (Lipinski definition) is 1. The van der Waals surface area contributed by atoms with Gasteiger partial charge in [0.25, 0.3) is 0 Å². The van der Waals surface area contributed by atoms with Crippen molar-refractivity contribution in [3.05, 3.63) is 53.5 Å². The van der Waals surface area contributed by atoms with Crippen LogP contribution in [-0.4, -0.2) is 12.5 Å². The summed E-state index contributed by atoms with van der Waals surface area (Å²) in [6.45, 7) is 2.58. The predicted molar refractivity (Wildman–Crippen MR) is 88.4 cm³/mol. The topological polar surface area (TPSA) is 51.5 Å². The molecular formula is C19H23NO3. The van der Waals surface area contributed by atoms with Gasteiger partial charge in [-0.05, 0) is 43.9 Å². The molecule has 1 aromatic heterocycles. The molecular weight excluding hydrogens is 290 g/mol. The molecule has 0 radical (unpaired) electrons. The van der Waals surface area contributed by atoms with Gasteiger partial charge in [-0.1, -0.05) is 18.2 Å². The minimum Gasteiger partial charge on any atom is -0.493 e. The number of benzene rings is 1. The third-order valence-corrected chi connectivity index (χ3v) is 4.29. The second-order valence-electron chi connectivity index (χ2n) is 6.03. The molecule has 0 saturated heterocycles. The Balaban J connectivity index is 1.42. The van der Waals surface area contributed by atoms with Gasteiger partial charge in [-0.15, -0.1) is 0 Å². The number of rotatable bonds is 6. The maximum Gasteiger partial charge on any atom is 0.220 e. The summed E-state index contributed by atoms with van der Waals surface area (Å²) in [5.41, 5.74) is 2.26. The highest BCUT2D eigenvalue weighted by Crippen LogP contribution is 2.30. The standard InChI is InChI=1S/C19H23NO3/c1-14-6-2-3-8-17(14)22-12-5-10-19(21)20-16-7-4-9-18-15(16)11-13-23-18/h2-3,6,8,11,13,16H,4-5,7,9-10,12H2,1H3,(H,20,21). The average Bonchev–Trinajstić information content (AvgIpc) is 3.03. The third kappa shape index (κ3) is 3.95. The Kier molecular flexibility index (Phi) is 5.01. The van der Waals surface area contributed by atoms with Crippen molar-refractivity contribution in [2.75, 3.05) is 6.61 Å². The van der Waals surface area contributed by atoms with Crippen molar-refractivity contribution < 1.29 is 13.9 Å². The van der Waals surface area contributed by atoms with Crippen LogP contribution in [-0.2, 0) is 11.2 Å². The van der Waals surface area contributed by atoms with Gasteiger partial charge in [-0.2, -0.15) is 0 Å². The lowest BCUT2D eigenvalue weighted by Crippen LogP contribution is -2.30. The van der Waals surface area contributed by atoms with Gasteiger partial charge < -0.3 is 14.5 Å². The Morgan fingerprint density at radius 3 is 3.09 bits per heavy atom. The molecule has 0 saturated carbocycles. The first kappa shape index (κ1) is 15.7. The molecule has 1 aliphatic rings. The summed E-state index contributed by atoms with van der Waals surface area (Å²) in [6, 6.07) is 10.00. The highest BCUT2D eigenvalue weighted by Gasteiger charge is 2.23. The summed E-state index contributed by atoms with van der Waals surface area (Å²) >= 11 is 0. The molecule has 1 aliphatic carbocycles. The minimum absolute atomic E-state index is 0.0810. The fourth-order valence-electron chi connectivity index (χ4n) is 3.04. The Labute approximate surface area is 136 Å². The van der Waals surface area contributed by atoms with E-state index in [0.717, 1.165) is 41.9 Å². The van der Waals surface area contributed by atoms with E-state index in [4.69, 9.17) is 9.15 Å². The van der Waals surface area contributed by atoms with Crippen LogP contribution in [0.5, 0.6) is 5.75 Å². The maximum absolute atomic E-state index is 12.1. The summed E-state index contributed by atoms with van der Waals surface area (Å²) in [5.74, 6) is 1.99. The number of ether oxygens (including phenoxy) is 1. The summed E-state index contributed by atoms with van der Waals surface area (Å²) in [5, 5.41) is 3.12. The molecule has 1 aromatic carbocycles. The number of carbonyl (C=O) groups is 1. The number of nitrogens with one attached hydrogen (secondary N) is 1. The first-order valence-corrected chi connectivity index (χ1v) is 8.28. The van der Waals surface area contributed by atoms with E-state index in [1.165, 1.54) is 0 Å². The summed E-state index contributed by atoms with van der Waals surface area (Å²) < 4.78 is 11.2. The molecule has 122 valence electrons. The van der Waals surface area contributed by atoms with Crippen LogP contribution in [0.25, 0.3) is 0 Å². The normalized spacial score (nSPS) is 16.7. The third-order valence-electron chi connectivity index (χ3n) is 4.29. The van der Waals surface area contributed by atoms with Crippen LogP contribution in [0.1, 0.15) is 48.6 Å². The lowest BCUT2D eigenvalue weighted by molar-refractivity contribution is -0.122. The van der Waals surface area contributed by atoms with Crippen molar-refractivity contribution >= 4 is 5.91 Å². The molecule has 2 aromatic rings. The quantitative estimate of drug-likeness (QED) is 0.822. The molecule has 1 heterocycles. The number of fused-ring (bicyclic) bond motifs is 1. The van der Waals surface area contributed by atoms with E-state index >= 15 is 0 Å². The van der Waals surface area contributed by atoms with Crippen LogP contribution in [0.2, 0.25) is 0 Å². The number of amides is 1. The van der Waals surface area contributed by atoms with Gasteiger partial charge in [-0.25, -0.2) is 0 Å². The van der Waals surface area contributed by atoms with Crippen LogP contribution in [0.3, 0.4) is 0 Å². The lowest BCUT2D eigenvalue weighted by Gasteiger charge is -2.22. The van der Waals surface area contributed by atoms with Crippen LogP contribution in [0, 0.1) is 6.92 Å². The van der Waals surface area contributed by atoms with Crippen molar-refractivity contribution in [2.24, 2.45) is 0 Å². The second kappa shape index (κ2) is 7.36. The van der Waals surface area contributed by atoms with Gasteiger partial charge in [0.05, 0.1) is 18.9 Å². The van der Waals surface area contributed by atoms with E-state index in [0.29, 0.717) is 19.4 Å². The van der Waals surface area contributed by atoms with Crippen LogP contribution >= 0.6 is 0 Å². The number of aryl methyl sites for hydroxylation is 2. The Morgan fingerprint density at radius 1 is 1.35 bits per heavy atom. The minimum atomic E-state index is 0.0810. The van der Waals surface area contributed by atoms with Gasteiger partial charge in [-0.3, -0.25) is 4.79 Å². The second-order valence-corrected chi connectivity index (χ2v) is 6.03. The fraction of sp³-hybridized carbons (Fsp3) is 0.421. The molecule has 0 fully saturated rings. The fourth-order valence-corrected chi connectivity index (χ4v) is 3.04. The molecule has 4 nitrogen and oxygen atoms in total. The van der Waals surface area contributed by atoms with Crippen LogP contribution in [0.15, 0.2) is 41.0 Å².